The van der Waals surface area contributed by atoms with Crippen molar-refractivity contribution in [3.8, 4) is 0 Å². The van der Waals surface area contributed by atoms with E-state index in [-0.39, 0.29) is 10.0 Å². The Bertz CT molecular complexity index is 435. The van der Waals surface area contributed by atoms with Gasteiger partial charge in [0.25, 0.3) is 0 Å². The van der Waals surface area contributed by atoms with Crippen molar-refractivity contribution in [2.24, 2.45) is 0 Å². The highest BCUT2D eigenvalue weighted by molar-refractivity contribution is 6.35. The molecule has 1 aromatic carbocycles. The first-order valence-electron chi connectivity index (χ1n) is 4.01. The van der Waals surface area contributed by atoms with Crippen molar-refractivity contribution < 1.29 is 26.7 Å². The van der Waals surface area contributed by atoms with E-state index in [0.717, 1.165) is 6.07 Å². The van der Waals surface area contributed by atoms with Crippen LogP contribution in [0.2, 0.25) is 10.0 Å². The molecule has 0 heterocycles. The van der Waals surface area contributed by atoms with Gasteiger partial charge < -0.3 is 0 Å². The predicted molar refractivity (Wildman–Crippen MR) is 51.8 cm³/mol. The molecule has 8 heteroatoms. The van der Waals surface area contributed by atoms with Crippen molar-refractivity contribution in [3.63, 3.8) is 0 Å². The van der Waals surface area contributed by atoms with E-state index in [1.54, 1.807) is 0 Å². The van der Waals surface area contributed by atoms with Gasteiger partial charge in [-0.25, -0.2) is 0 Å². The van der Waals surface area contributed by atoms with E-state index in [1.807, 2.05) is 0 Å². The molecule has 0 amide bonds. The van der Waals surface area contributed by atoms with Gasteiger partial charge in [0, 0.05) is 15.6 Å². The van der Waals surface area contributed by atoms with E-state index in [4.69, 9.17) is 23.2 Å². The Labute approximate surface area is 102 Å². The van der Waals surface area contributed by atoms with E-state index in [2.05, 4.69) is 0 Å². The van der Waals surface area contributed by atoms with E-state index < -0.39 is 23.4 Å². The number of halogens is 7. The van der Waals surface area contributed by atoms with Crippen LogP contribution in [0.3, 0.4) is 0 Å². The fourth-order valence-corrected chi connectivity index (χ4v) is 1.52. The number of ketones is 1. The molecule has 0 spiro atoms. The SMILES string of the molecule is O=C(c1cc(Cl)cc(Cl)c1)C(F)(F)C(F)(F)F. The Morgan fingerprint density at radius 3 is 1.71 bits per heavy atom. The molecule has 1 nitrogen and oxygen atoms in total. The Morgan fingerprint density at radius 1 is 0.941 bits per heavy atom. The zero-order chi connectivity index (χ0) is 13.4. The monoisotopic (exact) mass is 292 g/mol. The first-order valence-corrected chi connectivity index (χ1v) is 4.76. The van der Waals surface area contributed by atoms with E-state index in [9.17, 15) is 26.7 Å². The minimum Gasteiger partial charge on any atom is -0.287 e. The Kier molecular flexibility index (Phi) is 3.69. The molecule has 0 N–H and O–H groups in total. The molecule has 0 saturated carbocycles. The van der Waals surface area contributed by atoms with Crippen LogP contribution in [0, 0.1) is 0 Å². The van der Waals surface area contributed by atoms with Gasteiger partial charge in [-0.1, -0.05) is 23.2 Å². The first-order chi connectivity index (χ1) is 7.55. The average Bonchev–Trinajstić information content (AvgIpc) is 2.13. The van der Waals surface area contributed by atoms with Crippen LogP contribution in [0.5, 0.6) is 0 Å². The summed E-state index contributed by atoms with van der Waals surface area (Å²) in [5.41, 5.74) is -0.898. The van der Waals surface area contributed by atoms with Crippen LogP contribution in [0.25, 0.3) is 0 Å². The van der Waals surface area contributed by atoms with Crippen LogP contribution in [-0.2, 0) is 0 Å². The van der Waals surface area contributed by atoms with Crippen molar-refractivity contribution in [1.82, 2.24) is 0 Å². The molecule has 0 aliphatic carbocycles. The van der Waals surface area contributed by atoms with Gasteiger partial charge in [-0.05, 0) is 18.2 Å². The number of rotatable bonds is 2. The smallest absolute Gasteiger partial charge is 0.287 e. The molecule has 0 aromatic heterocycles. The molecular formula is C9H3Cl2F5O. The molecule has 1 rings (SSSR count). The zero-order valence-electron chi connectivity index (χ0n) is 7.79. The molecule has 0 saturated heterocycles. The Hall–Kier alpha value is -0.880. The van der Waals surface area contributed by atoms with Crippen molar-refractivity contribution in [2.45, 2.75) is 12.1 Å². The standard InChI is InChI=1S/C9H3Cl2F5O/c10-5-1-4(2-6(11)3-5)7(17)8(12,13)9(14,15)16/h1-3H. The second-order valence-electron chi connectivity index (χ2n) is 3.06. The summed E-state index contributed by atoms with van der Waals surface area (Å²) in [6.07, 6.45) is -5.96. The van der Waals surface area contributed by atoms with Crippen LogP contribution in [0.4, 0.5) is 22.0 Å². The highest BCUT2D eigenvalue weighted by atomic mass is 35.5. The highest BCUT2D eigenvalue weighted by Crippen LogP contribution is 2.38. The van der Waals surface area contributed by atoms with E-state index >= 15 is 0 Å². The van der Waals surface area contributed by atoms with Crippen molar-refractivity contribution in [1.29, 1.82) is 0 Å². The van der Waals surface area contributed by atoms with Gasteiger partial charge in [-0.15, -0.1) is 0 Å². The fourth-order valence-electron chi connectivity index (χ4n) is 0.995. The Morgan fingerprint density at radius 2 is 1.35 bits per heavy atom. The summed E-state index contributed by atoms with van der Waals surface area (Å²) >= 11 is 10.8. The summed E-state index contributed by atoms with van der Waals surface area (Å²) in [4.78, 5) is 11.0. The van der Waals surface area contributed by atoms with Gasteiger partial charge in [-0.2, -0.15) is 22.0 Å². The third kappa shape index (κ3) is 2.87. The number of Topliss-reactive ketones (excluding diaryl/α,β-unsaturated/α-hetero) is 1. The van der Waals surface area contributed by atoms with Gasteiger partial charge in [0.1, 0.15) is 0 Å². The zero-order valence-corrected chi connectivity index (χ0v) is 9.30. The van der Waals surface area contributed by atoms with Gasteiger partial charge >= 0.3 is 12.1 Å². The van der Waals surface area contributed by atoms with Crippen molar-refractivity contribution in [2.75, 3.05) is 0 Å². The topological polar surface area (TPSA) is 17.1 Å². The lowest BCUT2D eigenvalue weighted by Crippen LogP contribution is -2.44. The lowest BCUT2D eigenvalue weighted by molar-refractivity contribution is -0.255. The van der Waals surface area contributed by atoms with E-state index in [1.165, 1.54) is 0 Å². The van der Waals surface area contributed by atoms with Crippen molar-refractivity contribution in [3.05, 3.63) is 33.8 Å². The number of hydrogen-bond donors (Lipinski definition) is 0. The van der Waals surface area contributed by atoms with Gasteiger partial charge in [-0.3, -0.25) is 4.79 Å². The summed E-state index contributed by atoms with van der Waals surface area (Å²) in [6, 6.07) is 2.48. The maximum atomic E-state index is 12.7. The minimum atomic E-state index is -5.96. The predicted octanol–water partition coefficient (Wildman–Crippen LogP) is 4.37. The van der Waals surface area contributed by atoms with Crippen LogP contribution in [-0.4, -0.2) is 17.9 Å². The van der Waals surface area contributed by atoms with E-state index in [0.29, 0.717) is 12.1 Å². The second kappa shape index (κ2) is 4.42. The molecule has 94 valence electrons. The van der Waals surface area contributed by atoms with Gasteiger partial charge in [0.05, 0.1) is 0 Å². The number of alkyl halides is 5. The summed E-state index contributed by atoms with van der Waals surface area (Å²) in [5, 5.41) is -0.419. The maximum Gasteiger partial charge on any atom is 0.461 e. The summed E-state index contributed by atoms with van der Waals surface area (Å²) in [6.45, 7) is 0. The third-order valence-electron chi connectivity index (χ3n) is 1.77. The summed E-state index contributed by atoms with van der Waals surface area (Å²) in [7, 11) is 0. The third-order valence-corrected chi connectivity index (χ3v) is 2.20. The molecule has 0 radical (unpaired) electrons. The summed E-state index contributed by atoms with van der Waals surface area (Å²) < 4.78 is 61.2. The quantitative estimate of drug-likeness (QED) is 0.584. The second-order valence-corrected chi connectivity index (χ2v) is 3.93. The van der Waals surface area contributed by atoms with Crippen LogP contribution in [0.15, 0.2) is 18.2 Å². The molecule has 0 atom stereocenters. The van der Waals surface area contributed by atoms with Crippen LogP contribution >= 0.6 is 23.2 Å². The first kappa shape index (κ1) is 14.2. The molecule has 0 fully saturated rings. The van der Waals surface area contributed by atoms with Gasteiger partial charge in [0.2, 0.25) is 5.78 Å². The lowest BCUT2D eigenvalue weighted by Gasteiger charge is -2.18. The highest BCUT2D eigenvalue weighted by Gasteiger charge is 2.63. The molecule has 1 aromatic rings. The molecule has 0 bridgehead atoms. The molecule has 0 aliphatic rings. The lowest BCUT2D eigenvalue weighted by atomic mass is 10.1. The largest absolute Gasteiger partial charge is 0.461 e. The number of benzene rings is 1. The maximum absolute atomic E-state index is 12.7. The Balaban J connectivity index is 3.21. The van der Waals surface area contributed by atoms with Crippen LogP contribution in [0.1, 0.15) is 10.4 Å². The molecule has 0 unspecified atom stereocenters. The molecule has 17 heavy (non-hydrogen) atoms. The molecular weight excluding hydrogens is 290 g/mol. The normalized spacial score (nSPS) is 12.6. The van der Waals surface area contributed by atoms with Crippen LogP contribution < -0.4 is 0 Å². The number of carbonyl (C=O) groups excluding carboxylic acids is 1. The fraction of sp³-hybridized carbons (Fsp3) is 0.222. The number of carbonyl (C=O) groups is 1. The number of hydrogen-bond acceptors (Lipinski definition) is 1. The minimum absolute atomic E-state index is 0.209. The van der Waals surface area contributed by atoms with Gasteiger partial charge in [0.15, 0.2) is 0 Å². The average molecular weight is 293 g/mol. The molecule has 0 aliphatic heterocycles. The van der Waals surface area contributed by atoms with Crippen molar-refractivity contribution >= 4 is 29.0 Å². The summed E-state index contributed by atoms with van der Waals surface area (Å²) in [5.74, 6) is -7.87.